The van der Waals surface area contributed by atoms with E-state index in [9.17, 15) is 27.9 Å². The first-order valence-electron chi connectivity index (χ1n) is 12.5. The molecule has 2 aliphatic rings. The third-order valence-electron chi connectivity index (χ3n) is 6.34. The third kappa shape index (κ3) is 7.52. The van der Waals surface area contributed by atoms with Crippen LogP contribution < -0.4 is 26.8 Å². The molecule has 2 unspecified atom stereocenters. The van der Waals surface area contributed by atoms with Crippen molar-refractivity contribution in [3.8, 4) is 5.75 Å². The molecule has 1 aromatic heterocycles. The lowest BCUT2D eigenvalue weighted by atomic mass is 9.84. The molecule has 238 valence electrons. The normalized spacial score (nSPS) is 19.5. The Morgan fingerprint density at radius 1 is 1.32 bits per heavy atom. The van der Waals surface area contributed by atoms with Gasteiger partial charge in [0.15, 0.2) is 10.8 Å². The quantitative estimate of drug-likeness (QED) is 0.0497. The van der Waals surface area contributed by atoms with E-state index in [2.05, 4.69) is 30.0 Å². The zero-order valence-electron chi connectivity index (χ0n) is 23.0. The number of amides is 2. The number of nitrogens with zero attached hydrogens (tertiary/aromatic N) is 4. The number of carbonyl (C=O) groups excluding carboxylic acids is 2. The lowest BCUT2D eigenvalue weighted by Gasteiger charge is -2.50. The molecular weight excluding hydrogens is 648 g/mol. The second kappa shape index (κ2) is 12.9. The number of carboxylic acids is 1. The summed E-state index contributed by atoms with van der Waals surface area (Å²) in [5.74, 6) is -3.00. The standard InChI is InChI=1S/C23H27ClN8O10S2/c1-23(2)16(20(34)32(23)42-44(37,38)39)30-19(33)15(14-17(24)43-22(26)29-14)31-41-13(21(35)36)9-40-12-5-3-10(4-6-12)18(25)28-11-7-27-8-11/h3-6,11,13,16,27H,7-9H2,1-2H3,(H2,25,28)(H2,26,29)(H,30,33)(H,35,36)(H,37,38,39). The highest BCUT2D eigenvalue weighted by molar-refractivity contribution is 7.80. The molecule has 4 rings (SSSR count). The number of rotatable bonds is 13. The predicted molar refractivity (Wildman–Crippen MR) is 155 cm³/mol. The van der Waals surface area contributed by atoms with Crippen LogP contribution in [0.1, 0.15) is 25.1 Å². The van der Waals surface area contributed by atoms with Gasteiger partial charge in [0, 0.05) is 18.7 Å². The fraction of sp³-hybridized carbons (Fsp3) is 0.391. The summed E-state index contributed by atoms with van der Waals surface area (Å²) < 4.78 is 40.8. The smallest absolute Gasteiger partial charge is 0.418 e. The molecular formula is C23H27ClN8O10S2. The first kappa shape index (κ1) is 32.8. The highest BCUT2D eigenvalue weighted by Gasteiger charge is 2.58. The number of hydrogen-bond donors (Lipinski definition) is 6. The monoisotopic (exact) mass is 674 g/mol. The van der Waals surface area contributed by atoms with Gasteiger partial charge in [0.05, 0.1) is 11.6 Å². The molecule has 2 aliphatic heterocycles. The molecule has 2 aromatic rings. The molecule has 1 aromatic carbocycles. The molecule has 18 nitrogen and oxygen atoms in total. The number of oxime groups is 1. The number of β-lactam (4-membered cyclic amide) rings is 1. The van der Waals surface area contributed by atoms with Gasteiger partial charge in [0.2, 0.25) is 0 Å². The number of aliphatic imine (C=N–C) groups is 1. The minimum atomic E-state index is -5.04. The Hall–Kier alpha value is -4.08. The van der Waals surface area contributed by atoms with E-state index in [1.54, 1.807) is 24.3 Å². The maximum Gasteiger partial charge on any atom is 0.418 e. The maximum absolute atomic E-state index is 13.2. The van der Waals surface area contributed by atoms with Crippen LogP contribution in [0, 0.1) is 0 Å². The van der Waals surface area contributed by atoms with Gasteiger partial charge in [-0.25, -0.2) is 9.78 Å². The topological polar surface area (TPSA) is 270 Å². The highest BCUT2D eigenvalue weighted by Crippen LogP contribution is 2.33. The Balaban J connectivity index is 1.47. The molecule has 2 amide bonds. The number of amidine groups is 1. The van der Waals surface area contributed by atoms with Gasteiger partial charge in [-0.2, -0.15) is 13.5 Å². The van der Waals surface area contributed by atoms with Gasteiger partial charge in [0.25, 0.3) is 17.9 Å². The predicted octanol–water partition coefficient (Wildman–Crippen LogP) is -0.851. The number of anilines is 1. The number of aromatic nitrogens is 1. The van der Waals surface area contributed by atoms with E-state index in [0.717, 1.165) is 24.4 Å². The van der Waals surface area contributed by atoms with Crippen LogP contribution >= 0.6 is 22.9 Å². The van der Waals surface area contributed by atoms with E-state index in [1.807, 2.05) is 0 Å². The first-order chi connectivity index (χ1) is 20.6. The summed E-state index contributed by atoms with van der Waals surface area (Å²) >= 11 is 6.93. The van der Waals surface area contributed by atoms with Gasteiger partial charge in [-0.15, -0.1) is 4.28 Å². The summed E-state index contributed by atoms with van der Waals surface area (Å²) in [6.07, 6.45) is -1.73. The molecule has 21 heteroatoms. The van der Waals surface area contributed by atoms with Crippen molar-refractivity contribution in [1.82, 2.24) is 20.7 Å². The van der Waals surface area contributed by atoms with Gasteiger partial charge >= 0.3 is 16.4 Å². The third-order valence-corrected chi connectivity index (χ3v) is 7.76. The molecule has 3 heterocycles. The maximum atomic E-state index is 13.2. The van der Waals surface area contributed by atoms with Crippen molar-refractivity contribution in [3.05, 3.63) is 39.9 Å². The van der Waals surface area contributed by atoms with Gasteiger partial charge in [-0.1, -0.05) is 28.1 Å². The Bertz CT molecular complexity index is 1610. The molecule has 0 bridgehead atoms. The summed E-state index contributed by atoms with van der Waals surface area (Å²) in [6, 6.07) is 5.15. The number of carboxylic acid groups (broad SMARTS) is 1. The molecule has 0 saturated carbocycles. The van der Waals surface area contributed by atoms with E-state index in [1.165, 1.54) is 13.8 Å². The largest absolute Gasteiger partial charge is 0.489 e. The van der Waals surface area contributed by atoms with Gasteiger partial charge in [-0.05, 0) is 38.1 Å². The van der Waals surface area contributed by atoms with Crippen molar-refractivity contribution in [3.63, 3.8) is 0 Å². The zero-order chi connectivity index (χ0) is 32.4. The van der Waals surface area contributed by atoms with Crippen LogP contribution in [-0.2, 0) is 33.9 Å². The lowest BCUT2D eigenvalue weighted by Crippen LogP contribution is -2.76. The van der Waals surface area contributed by atoms with Gasteiger partial charge < -0.3 is 36.8 Å². The van der Waals surface area contributed by atoms with Crippen molar-refractivity contribution < 1.29 is 46.3 Å². The van der Waals surface area contributed by atoms with Crippen LogP contribution in [0.15, 0.2) is 34.4 Å². The number of hydrogen-bond acceptors (Lipinski definition) is 14. The number of hydroxylamine groups is 2. The SMILES string of the molecule is CC1(C)C(NC(=O)C(=NOC(COc2ccc(C(N)=NC3CNC3)cc2)C(=O)O)c2nc(N)sc2Cl)C(=O)N1OS(=O)(=O)O. The van der Waals surface area contributed by atoms with Crippen LogP contribution in [0.2, 0.25) is 4.34 Å². The second-order valence-electron chi connectivity index (χ2n) is 9.90. The highest BCUT2D eigenvalue weighted by atomic mass is 35.5. The number of ether oxygens (including phenoxy) is 1. The molecule has 44 heavy (non-hydrogen) atoms. The van der Waals surface area contributed by atoms with Crippen LogP contribution in [-0.4, -0.2) is 101 Å². The number of benzene rings is 1. The molecule has 2 fully saturated rings. The second-order valence-corrected chi connectivity index (χ2v) is 12.5. The fourth-order valence-corrected chi connectivity index (χ4v) is 5.25. The average Bonchev–Trinajstić information content (AvgIpc) is 3.26. The van der Waals surface area contributed by atoms with Gasteiger partial charge in [0.1, 0.15) is 34.3 Å². The number of thiazole rings is 1. The summed E-state index contributed by atoms with van der Waals surface area (Å²) in [5.41, 5.74) is 9.97. The van der Waals surface area contributed by atoms with E-state index in [-0.39, 0.29) is 27.0 Å². The summed E-state index contributed by atoms with van der Waals surface area (Å²) in [5, 5.41) is 19.0. The van der Waals surface area contributed by atoms with Crippen LogP contribution in [0.25, 0.3) is 0 Å². The molecule has 0 radical (unpaired) electrons. The number of nitrogens with two attached hydrogens (primary N) is 2. The van der Waals surface area contributed by atoms with Crippen molar-refractivity contribution in [2.45, 2.75) is 37.6 Å². The van der Waals surface area contributed by atoms with Crippen molar-refractivity contribution >= 4 is 67.8 Å². The molecule has 2 atom stereocenters. The number of nitrogens with one attached hydrogen (secondary N) is 2. The average molecular weight is 675 g/mol. The van der Waals surface area contributed by atoms with Crippen molar-refractivity contribution in [2.24, 2.45) is 15.9 Å². The Labute approximate surface area is 258 Å². The van der Waals surface area contributed by atoms with Gasteiger partial charge in [-0.3, -0.25) is 19.1 Å². The minimum absolute atomic E-state index is 0.0603. The fourth-order valence-electron chi connectivity index (χ4n) is 3.87. The van der Waals surface area contributed by atoms with E-state index < -0.39 is 58.2 Å². The number of carbonyl (C=O) groups is 3. The number of nitrogen functional groups attached to an aromatic ring is 1. The summed E-state index contributed by atoms with van der Waals surface area (Å²) in [7, 11) is -5.04. The Kier molecular flexibility index (Phi) is 9.61. The van der Waals surface area contributed by atoms with E-state index in [4.69, 9.17) is 37.2 Å². The molecule has 0 spiro atoms. The zero-order valence-corrected chi connectivity index (χ0v) is 25.4. The minimum Gasteiger partial charge on any atom is -0.489 e. The number of halogens is 1. The van der Waals surface area contributed by atoms with Crippen molar-refractivity contribution in [1.29, 1.82) is 0 Å². The summed E-state index contributed by atoms with van der Waals surface area (Å²) in [4.78, 5) is 51.1. The van der Waals surface area contributed by atoms with Crippen LogP contribution in [0.3, 0.4) is 0 Å². The number of aliphatic carboxylic acids is 1. The Morgan fingerprint density at radius 2 is 1.98 bits per heavy atom. The van der Waals surface area contributed by atoms with E-state index in [0.29, 0.717) is 16.5 Å². The molecule has 2 saturated heterocycles. The molecule has 8 N–H and O–H groups in total. The summed E-state index contributed by atoms with van der Waals surface area (Å²) in [6.45, 7) is 3.61. The van der Waals surface area contributed by atoms with E-state index >= 15 is 0 Å². The van der Waals surface area contributed by atoms with Crippen LogP contribution in [0.4, 0.5) is 5.13 Å². The van der Waals surface area contributed by atoms with Crippen molar-refractivity contribution in [2.75, 3.05) is 25.4 Å². The first-order valence-corrected chi connectivity index (χ1v) is 15.1. The molecule has 0 aliphatic carbocycles. The lowest BCUT2D eigenvalue weighted by molar-refractivity contribution is -0.218. The Morgan fingerprint density at radius 3 is 2.48 bits per heavy atom. The van der Waals surface area contributed by atoms with Crippen LogP contribution in [0.5, 0.6) is 5.75 Å².